The van der Waals surface area contributed by atoms with Crippen LogP contribution in [0.4, 0.5) is 11.4 Å². The number of nitrogens with zero attached hydrogens (tertiary/aromatic N) is 3. The third kappa shape index (κ3) is 3.21. The molecule has 1 aromatic heterocycles. The van der Waals surface area contributed by atoms with E-state index >= 15 is 0 Å². The van der Waals surface area contributed by atoms with Gasteiger partial charge in [-0.25, -0.2) is 4.98 Å². The summed E-state index contributed by atoms with van der Waals surface area (Å²) in [6.45, 7) is 5.51. The molecule has 0 aliphatic rings. The van der Waals surface area contributed by atoms with E-state index in [1.807, 2.05) is 38.1 Å². The summed E-state index contributed by atoms with van der Waals surface area (Å²) in [4.78, 5) is 27.6. The number of carbonyl (C=O) groups excluding carboxylic acids is 1. The smallest absolute Gasteiger partial charge is 0.293 e. The fraction of sp³-hybridized carbons (Fsp3) is 0.222. The largest absolute Gasteiger partial charge is 0.319 e. The van der Waals surface area contributed by atoms with Crippen LogP contribution in [0.2, 0.25) is 0 Å². The maximum atomic E-state index is 12.5. The molecule has 0 saturated heterocycles. The number of amides is 1. The van der Waals surface area contributed by atoms with Gasteiger partial charge in [-0.3, -0.25) is 14.9 Å². The highest BCUT2D eigenvalue weighted by molar-refractivity contribution is 5.94. The topological polar surface area (TPSA) is 90.1 Å². The van der Waals surface area contributed by atoms with E-state index in [1.165, 1.54) is 6.07 Å². The van der Waals surface area contributed by atoms with Gasteiger partial charge in [-0.15, -0.1) is 0 Å². The van der Waals surface area contributed by atoms with Crippen molar-refractivity contribution in [3.05, 3.63) is 63.5 Å². The summed E-state index contributed by atoms with van der Waals surface area (Å²) in [6, 6.07) is 10.6. The van der Waals surface area contributed by atoms with E-state index in [2.05, 4.69) is 10.3 Å². The molecule has 0 bridgehead atoms. The van der Waals surface area contributed by atoms with Gasteiger partial charge in [0.15, 0.2) is 0 Å². The number of aryl methyl sites for hydroxylation is 3. The van der Waals surface area contributed by atoms with Crippen molar-refractivity contribution in [2.24, 2.45) is 0 Å². The highest BCUT2D eigenvalue weighted by atomic mass is 16.6. The molecule has 3 rings (SSSR count). The first kappa shape index (κ1) is 16.6. The predicted octanol–water partition coefficient (Wildman–Crippen LogP) is 3.51. The number of rotatable bonds is 4. The monoisotopic (exact) mass is 338 g/mol. The van der Waals surface area contributed by atoms with Gasteiger partial charge in [-0.2, -0.15) is 0 Å². The quantitative estimate of drug-likeness (QED) is 0.582. The molecule has 25 heavy (non-hydrogen) atoms. The Balaban J connectivity index is 1.89. The third-order valence-electron chi connectivity index (χ3n) is 4.23. The number of fused-ring (bicyclic) bond motifs is 1. The Morgan fingerprint density at radius 1 is 1.20 bits per heavy atom. The maximum Gasteiger partial charge on any atom is 0.293 e. The molecule has 1 N–H and O–H groups in total. The van der Waals surface area contributed by atoms with Gasteiger partial charge in [0.1, 0.15) is 18.1 Å². The molecule has 0 spiro atoms. The minimum atomic E-state index is -0.486. The second-order valence-corrected chi connectivity index (χ2v) is 5.99. The first-order valence-electron chi connectivity index (χ1n) is 7.84. The Morgan fingerprint density at radius 2 is 1.88 bits per heavy atom. The summed E-state index contributed by atoms with van der Waals surface area (Å²) >= 11 is 0. The van der Waals surface area contributed by atoms with Crippen molar-refractivity contribution < 1.29 is 9.72 Å². The van der Waals surface area contributed by atoms with Crippen LogP contribution in [-0.4, -0.2) is 20.4 Å². The Hall–Kier alpha value is -3.22. The van der Waals surface area contributed by atoms with Gasteiger partial charge in [0, 0.05) is 6.07 Å². The molecule has 7 nitrogen and oxygen atoms in total. The van der Waals surface area contributed by atoms with E-state index in [0.717, 1.165) is 22.2 Å². The summed E-state index contributed by atoms with van der Waals surface area (Å²) in [7, 11) is 0. The Labute approximate surface area is 144 Å². The number of anilines is 1. The fourth-order valence-corrected chi connectivity index (χ4v) is 2.78. The minimum Gasteiger partial charge on any atom is -0.319 e. The number of nitro benzene ring substituents is 1. The van der Waals surface area contributed by atoms with Crippen LogP contribution in [0.3, 0.4) is 0 Å². The standard InChI is InChI=1S/C18H18N4O3/c1-11-8-15(17(22(24)25)9-12(11)2)20-18(23)10-21-13(3)19-14-6-4-5-7-16(14)21/h4-9H,10H2,1-3H3,(H,20,23). The number of hydrogen-bond donors (Lipinski definition) is 1. The molecule has 128 valence electrons. The fourth-order valence-electron chi connectivity index (χ4n) is 2.78. The lowest BCUT2D eigenvalue weighted by Gasteiger charge is -2.10. The van der Waals surface area contributed by atoms with Crippen LogP contribution < -0.4 is 5.32 Å². The van der Waals surface area contributed by atoms with Crippen LogP contribution in [0.5, 0.6) is 0 Å². The predicted molar refractivity (Wildman–Crippen MR) is 95.7 cm³/mol. The molecular weight excluding hydrogens is 320 g/mol. The first-order valence-corrected chi connectivity index (χ1v) is 7.84. The second kappa shape index (κ2) is 6.35. The van der Waals surface area contributed by atoms with Gasteiger partial charge in [0.2, 0.25) is 5.91 Å². The van der Waals surface area contributed by atoms with Crippen molar-refractivity contribution in [1.82, 2.24) is 9.55 Å². The van der Waals surface area contributed by atoms with Crippen LogP contribution >= 0.6 is 0 Å². The number of carbonyl (C=O) groups is 1. The molecule has 1 amide bonds. The molecular formula is C18H18N4O3. The van der Waals surface area contributed by atoms with E-state index in [9.17, 15) is 14.9 Å². The van der Waals surface area contributed by atoms with Crippen LogP contribution in [0, 0.1) is 30.9 Å². The average Bonchev–Trinajstić information content (AvgIpc) is 2.86. The SMILES string of the molecule is Cc1cc(NC(=O)Cn2c(C)nc3ccccc32)c([N+](=O)[O-])cc1C. The molecule has 3 aromatic rings. The normalized spacial score (nSPS) is 10.8. The molecule has 0 unspecified atom stereocenters. The number of imidazole rings is 1. The highest BCUT2D eigenvalue weighted by Crippen LogP contribution is 2.28. The minimum absolute atomic E-state index is 0.0381. The van der Waals surface area contributed by atoms with Crippen LogP contribution in [0.25, 0.3) is 11.0 Å². The Morgan fingerprint density at radius 3 is 2.60 bits per heavy atom. The van der Waals surface area contributed by atoms with E-state index in [4.69, 9.17) is 0 Å². The summed E-state index contributed by atoms with van der Waals surface area (Å²) in [5.74, 6) is 0.378. The van der Waals surface area contributed by atoms with E-state index in [0.29, 0.717) is 5.82 Å². The van der Waals surface area contributed by atoms with Gasteiger partial charge in [0.25, 0.3) is 5.69 Å². The zero-order chi connectivity index (χ0) is 18.1. The number of hydrogen-bond acceptors (Lipinski definition) is 4. The molecule has 0 fully saturated rings. The van der Waals surface area contributed by atoms with Gasteiger partial charge >= 0.3 is 0 Å². The summed E-state index contributed by atoms with van der Waals surface area (Å²) in [5.41, 5.74) is 3.45. The maximum absolute atomic E-state index is 12.5. The zero-order valence-electron chi connectivity index (χ0n) is 14.2. The van der Waals surface area contributed by atoms with E-state index in [-0.39, 0.29) is 23.8 Å². The van der Waals surface area contributed by atoms with Crippen molar-refractivity contribution >= 4 is 28.3 Å². The molecule has 0 saturated carbocycles. The van der Waals surface area contributed by atoms with Gasteiger partial charge < -0.3 is 9.88 Å². The molecule has 1 heterocycles. The van der Waals surface area contributed by atoms with Crippen molar-refractivity contribution in [3.8, 4) is 0 Å². The van der Waals surface area contributed by atoms with Gasteiger partial charge in [0.05, 0.1) is 16.0 Å². The number of nitrogens with one attached hydrogen (secondary N) is 1. The van der Waals surface area contributed by atoms with Crippen LogP contribution in [0.15, 0.2) is 36.4 Å². The zero-order valence-corrected chi connectivity index (χ0v) is 14.2. The highest BCUT2D eigenvalue weighted by Gasteiger charge is 2.18. The Kier molecular flexibility index (Phi) is 4.22. The number of para-hydroxylation sites is 2. The van der Waals surface area contributed by atoms with Gasteiger partial charge in [-0.1, -0.05) is 12.1 Å². The number of benzene rings is 2. The molecule has 0 radical (unpaired) electrons. The first-order chi connectivity index (χ1) is 11.9. The molecule has 0 aliphatic carbocycles. The van der Waals surface area contributed by atoms with Crippen molar-refractivity contribution in [2.45, 2.75) is 27.3 Å². The van der Waals surface area contributed by atoms with E-state index < -0.39 is 4.92 Å². The summed E-state index contributed by atoms with van der Waals surface area (Å²) in [5, 5.41) is 13.9. The van der Waals surface area contributed by atoms with Gasteiger partial charge in [-0.05, 0) is 50.1 Å². The van der Waals surface area contributed by atoms with Crippen molar-refractivity contribution in [1.29, 1.82) is 0 Å². The molecule has 7 heteroatoms. The summed E-state index contributed by atoms with van der Waals surface area (Å²) in [6.07, 6.45) is 0. The van der Waals surface area contributed by atoms with Crippen LogP contribution in [0.1, 0.15) is 17.0 Å². The molecule has 2 aromatic carbocycles. The number of nitro groups is 1. The van der Waals surface area contributed by atoms with E-state index in [1.54, 1.807) is 17.6 Å². The lowest BCUT2D eigenvalue weighted by atomic mass is 10.1. The average molecular weight is 338 g/mol. The van der Waals surface area contributed by atoms with Crippen molar-refractivity contribution in [3.63, 3.8) is 0 Å². The molecule has 0 aliphatic heterocycles. The molecule has 0 atom stereocenters. The Bertz CT molecular complexity index is 991. The number of aromatic nitrogens is 2. The third-order valence-corrected chi connectivity index (χ3v) is 4.23. The van der Waals surface area contributed by atoms with Crippen LogP contribution in [-0.2, 0) is 11.3 Å². The summed E-state index contributed by atoms with van der Waals surface area (Å²) < 4.78 is 1.79. The lowest BCUT2D eigenvalue weighted by molar-refractivity contribution is -0.384. The second-order valence-electron chi connectivity index (χ2n) is 5.99. The lowest BCUT2D eigenvalue weighted by Crippen LogP contribution is -2.20. The van der Waals surface area contributed by atoms with Crippen molar-refractivity contribution in [2.75, 3.05) is 5.32 Å².